The maximum Gasteiger partial charge on any atom is 0.251 e. The van der Waals surface area contributed by atoms with Gasteiger partial charge in [0.25, 0.3) is 5.91 Å². The van der Waals surface area contributed by atoms with Crippen molar-refractivity contribution >= 4 is 11.7 Å². The Bertz CT molecular complexity index is 819. The van der Waals surface area contributed by atoms with Crippen molar-refractivity contribution in [2.75, 3.05) is 51.3 Å². The highest BCUT2D eigenvalue weighted by Gasteiger charge is 2.17. The van der Waals surface area contributed by atoms with Crippen LogP contribution in [-0.4, -0.2) is 62.2 Å². The molecule has 7 heteroatoms. The Kier molecular flexibility index (Phi) is 5.11. The molecule has 0 unspecified atom stereocenters. The molecule has 0 spiro atoms. The average molecular weight is 368 g/mol. The van der Waals surface area contributed by atoms with Gasteiger partial charge in [-0.25, -0.2) is 4.98 Å². The van der Waals surface area contributed by atoms with E-state index < -0.39 is 0 Å². The Labute approximate surface area is 158 Å². The Morgan fingerprint density at radius 2 is 1.85 bits per heavy atom. The van der Waals surface area contributed by atoms with Crippen LogP contribution < -0.4 is 19.7 Å². The van der Waals surface area contributed by atoms with Crippen LogP contribution >= 0.6 is 0 Å². The van der Waals surface area contributed by atoms with E-state index in [4.69, 9.17) is 9.47 Å². The molecule has 2 aromatic rings. The van der Waals surface area contributed by atoms with Gasteiger partial charge in [0.05, 0.1) is 0 Å². The molecule has 7 nitrogen and oxygen atoms in total. The number of pyridine rings is 1. The highest BCUT2D eigenvalue weighted by Crippen LogP contribution is 2.30. The number of carbonyl (C=O) groups is 1. The van der Waals surface area contributed by atoms with E-state index in [9.17, 15) is 4.79 Å². The summed E-state index contributed by atoms with van der Waals surface area (Å²) in [4.78, 5) is 21.6. The number of likely N-dealkylation sites (N-methyl/N-ethyl adjacent to an activating group) is 1. The number of rotatable bonds is 4. The van der Waals surface area contributed by atoms with E-state index in [2.05, 4.69) is 33.2 Å². The van der Waals surface area contributed by atoms with Gasteiger partial charge in [0.1, 0.15) is 19.0 Å². The van der Waals surface area contributed by atoms with Gasteiger partial charge in [0.15, 0.2) is 11.5 Å². The number of nitrogens with zero attached hydrogens (tertiary/aromatic N) is 3. The fourth-order valence-corrected chi connectivity index (χ4v) is 3.25. The largest absolute Gasteiger partial charge is 0.486 e. The van der Waals surface area contributed by atoms with Gasteiger partial charge >= 0.3 is 0 Å². The van der Waals surface area contributed by atoms with Crippen LogP contribution in [0.2, 0.25) is 0 Å². The predicted molar refractivity (Wildman–Crippen MR) is 103 cm³/mol. The first kappa shape index (κ1) is 17.6. The zero-order chi connectivity index (χ0) is 18.6. The number of carbonyl (C=O) groups excluding carboxylic acids is 1. The van der Waals surface area contributed by atoms with Gasteiger partial charge in [0, 0.05) is 44.5 Å². The third-order valence-corrected chi connectivity index (χ3v) is 4.89. The van der Waals surface area contributed by atoms with E-state index in [1.165, 1.54) is 0 Å². The van der Waals surface area contributed by atoms with Crippen molar-refractivity contribution in [1.29, 1.82) is 0 Å². The number of fused-ring (bicyclic) bond motifs is 1. The molecule has 2 aliphatic rings. The van der Waals surface area contributed by atoms with E-state index in [0.29, 0.717) is 36.8 Å². The number of hydrogen-bond acceptors (Lipinski definition) is 6. The number of nitrogens with one attached hydrogen (secondary N) is 1. The van der Waals surface area contributed by atoms with Gasteiger partial charge in [-0.05, 0) is 42.9 Å². The van der Waals surface area contributed by atoms with Crippen molar-refractivity contribution in [3.05, 3.63) is 47.7 Å². The van der Waals surface area contributed by atoms with Crippen LogP contribution in [0.25, 0.3) is 0 Å². The minimum Gasteiger partial charge on any atom is -0.486 e. The first-order chi connectivity index (χ1) is 13.2. The summed E-state index contributed by atoms with van der Waals surface area (Å²) in [6.07, 6.45) is 1.80. The number of anilines is 1. The van der Waals surface area contributed by atoms with E-state index in [1.807, 2.05) is 6.07 Å². The molecule has 3 heterocycles. The summed E-state index contributed by atoms with van der Waals surface area (Å²) in [5.41, 5.74) is 1.59. The Hall–Kier alpha value is -2.80. The van der Waals surface area contributed by atoms with Gasteiger partial charge in [-0.1, -0.05) is 0 Å². The van der Waals surface area contributed by atoms with Gasteiger partial charge < -0.3 is 24.6 Å². The Morgan fingerprint density at radius 3 is 2.67 bits per heavy atom. The second kappa shape index (κ2) is 7.84. The number of hydrogen-bond donors (Lipinski definition) is 1. The molecule has 1 fully saturated rings. The first-order valence-corrected chi connectivity index (χ1v) is 9.25. The maximum absolute atomic E-state index is 12.5. The van der Waals surface area contributed by atoms with Gasteiger partial charge in [-0.2, -0.15) is 0 Å². The zero-order valence-electron chi connectivity index (χ0n) is 15.5. The van der Waals surface area contributed by atoms with E-state index in [0.717, 1.165) is 37.6 Å². The zero-order valence-corrected chi connectivity index (χ0v) is 15.5. The van der Waals surface area contributed by atoms with Crippen molar-refractivity contribution in [1.82, 2.24) is 15.2 Å². The SMILES string of the molecule is CN1CCN(c2cc(CNC(=O)c3ccc4c(c3)OCCO4)ccn2)CC1. The molecule has 4 rings (SSSR count). The third-order valence-electron chi connectivity index (χ3n) is 4.89. The molecule has 1 aromatic heterocycles. The van der Waals surface area contributed by atoms with Crippen LogP contribution in [0.1, 0.15) is 15.9 Å². The normalized spacial score (nSPS) is 16.9. The fourth-order valence-electron chi connectivity index (χ4n) is 3.25. The third kappa shape index (κ3) is 4.14. The molecule has 1 N–H and O–H groups in total. The van der Waals surface area contributed by atoms with Crippen molar-refractivity contribution in [3.8, 4) is 11.5 Å². The summed E-state index contributed by atoms with van der Waals surface area (Å²) in [6, 6.07) is 9.25. The van der Waals surface area contributed by atoms with Crippen molar-refractivity contribution in [2.45, 2.75) is 6.54 Å². The minimum atomic E-state index is -0.134. The summed E-state index contributed by atoms with van der Waals surface area (Å²) < 4.78 is 11.0. The standard InChI is InChI=1S/C20H24N4O3/c1-23-6-8-24(9-7-23)19-12-15(4-5-21-19)14-22-20(25)16-2-3-17-18(13-16)27-11-10-26-17/h2-5,12-13H,6-11,14H2,1H3,(H,22,25). The highest BCUT2D eigenvalue weighted by atomic mass is 16.6. The van der Waals surface area contributed by atoms with Crippen LogP contribution in [0.15, 0.2) is 36.5 Å². The lowest BCUT2D eigenvalue weighted by molar-refractivity contribution is 0.0949. The number of amides is 1. The van der Waals surface area contributed by atoms with Crippen molar-refractivity contribution in [2.24, 2.45) is 0 Å². The van der Waals surface area contributed by atoms with E-state index >= 15 is 0 Å². The van der Waals surface area contributed by atoms with Crippen LogP contribution in [-0.2, 0) is 6.54 Å². The second-order valence-electron chi connectivity index (χ2n) is 6.85. The molecule has 1 saturated heterocycles. The molecular weight excluding hydrogens is 344 g/mol. The molecule has 27 heavy (non-hydrogen) atoms. The molecule has 0 radical (unpaired) electrons. The summed E-state index contributed by atoms with van der Waals surface area (Å²) in [7, 11) is 2.13. The van der Waals surface area contributed by atoms with Gasteiger partial charge in [-0.15, -0.1) is 0 Å². The monoisotopic (exact) mass is 368 g/mol. The highest BCUT2D eigenvalue weighted by molar-refractivity contribution is 5.94. The average Bonchev–Trinajstić information content (AvgIpc) is 2.72. The lowest BCUT2D eigenvalue weighted by Gasteiger charge is -2.33. The first-order valence-electron chi connectivity index (χ1n) is 9.25. The van der Waals surface area contributed by atoms with Crippen LogP contribution in [0.5, 0.6) is 11.5 Å². The molecule has 0 aliphatic carbocycles. The quantitative estimate of drug-likeness (QED) is 0.883. The molecule has 1 aromatic carbocycles. The van der Waals surface area contributed by atoms with Crippen LogP contribution in [0.4, 0.5) is 5.82 Å². The Morgan fingerprint density at radius 1 is 1.07 bits per heavy atom. The van der Waals surface area contributed by atoms with E-state index in [1.54, 1.807) is 24.4 Å². The predicted octanol–water partition coefficient (Wildman–Crippen LogP) is 1.53. The number of benzene rings is 1. The van der Waals surface area contributed by atoms with Crippen molar-refractivity contribution < 1.29 is 14.3 Å². The molecule has 2 aliphatic heterocycles. The fraction of sp³-hybridized carbons (Fsp3) is 0.400. The number of ether oxygens (including phenoxy) is 2. The smallest absolute Gasteiger partial charge is 0.251 e. The van der Waals surface area contributed by atoms with E-state index in [-0.39, 0.29) is 5.91 Å². The topological polar surface area (TPSA) is 66.9 Å². The molecular formula is C20H24N4O3. The molecule has 0 bridgehead atoms. The lowest BCUT2D eigenvalue weighted by Crippen LogP contribution is -2.44. The summed E-state index contributed by atoms with van der Waals surface area (Å²) in [6.45, 7) is 5.50. The lowest BCUT2D eigenvalue weighted by atomic mass is 10.1. The maximum atomic E-state index is 12.5. The van der Waals surface area contributed by atoms with Crippen LogP contribution in [0.3, 0.4) is 0 Å². The minimum absolute atomic E-state index is 0.134. The Balaban J connectivity index is 1.38. The summed E-state index contributed by atoms with van der Waals surface area (Å²) in [5, 5.41) is 2.97. The van der Waals surface area contributed by atoms with Gasteiger partial charge in [-0.3, -0.25) is 4.79 Å². The number of aromatic nitrogens is 1. The molecule has 142 valence electrons. The number of piperazine rings is 1. The molecule has 1 amide bonds. The molecule has 0 atom stereocenters. The molecule has 0 saturated carbocycles. The van der Waals surface area contributed by atoms with Crippen LogP contribution in [0, 0.1) is 0 Å². The summed E-state index contributed by atoms with van der Waals surface area (Å²) >= 11 is 0. The van der Waals surface area contributed by atoms with Crippen molar-refractivity contribution in [3.63, 3.8) is 0 Å². The second-order valence-corrected chi connectivity index (χ2v) is 6.85. The summed E-state index contributed by atoms with van der Waals surface area (Å²) in [5.74, 6) is 2.14. The van der Waals surface area contributed by atoms with Gasteiger partial charge in [0.2, 0.25) is 0 Å².